The zero-order valence-electron chi connectivity index (χ0n) is 10.3. The lowest BCUT2D eigenvalue weighted by Gasteiger charge is -2.09. The summed E-state index contributed by atoms with van der Waals surface area (Å²) in [7, 11) is 0. The molecule has 0 aliphatic rings. The minimum Gasteiger partial charge on any atom is -0.489 e. The van der Waals surface area contributed by atoms with Gasteiger partial charge in [-0.2, -0.15) is 0 Å². The molecule has 94 valence electrons. The molecule has 0 amide bonds. The Labute approximate surface area is 106 Å². The first-order chi connectivity index (χ1) is 8.66. The van der Waals surface area contributed by atoms with E-state index in [1.54, 1.807) is 18.2 Å². The molecule has 0 aliphatic heterocycles. The number of nitrogens with two attached hydrogens (primary N) is 1. The van der Waals surface area contributed by atoms with Crippen LogP contribution < -0.4 is 10.5 Å². The summed E-state index contributed by atoms with van der Waals surface area (Å²) < 4.78 is 18.9. The molecule has 18 heavy (non-hydrogen) atoms. The Hall–Kier alpha value is -1.87. The van der Waals surface area contributed by atoms with Crippen LogP contribution in [0.3, 0.4) is 0 Å². The number of ether oxygens (including phenoxy) is 1. The second-order valence-corrected chi connectivity index (χ2v) is 4.24. The number of hydrogen-bond acceptors (Lipinski definition) is 2. The highest BCUT2D eigenvalue weighted by Crippen LogP contribution is 2.17. The molecule has 0 spiro atoms. The molecule has 0 unspecified atom stereocenters. The second kappa shape index (κ2) is 5.65. The number of rotatable bonds is 4. The minimum absolute atomic E-state index is 0.00520. The molecule has 2 aromatic rings. The highest BCUT2D eigenvalue weighted by Gasteiger charge is 2.03. The molecule has 0 aromatic heterocycles. The molecular formula is C15H16FNO. The molecule has 0 heterocycles. The predicted octanol–water partition coefficient (Wildman–Crippen LogP) is 3.42. The van der Waals surface area contributed by atoms with Crippen LogP contribution in [0.5, 0.6) is 5.75 Å². The maximum absolute atomic E-state index is 13.4. The highest BCUT2D eigenvalue weighted by molar-refractivity contribution is 5.29. The van der Waals surface area contributed by atoms with Gasteiger partial charge in [-0.15, -0.1) is 0 Å². The maximum atomic E-state index is 13.4. The van der Waals surface area contributed by atoms with Crippen LogP contribution >= 0.6 is 0 Å². The third-order valence-electron chi connectivity index (χ3n) is 2.76. The topological polar surface area (TPSA) is 35.2 Å². The summed E-state index contributed by atoms with van der Waals surface area (Å²) in [6.07, 6.45) is 0. The summed E-state index contributed by atoms with van der Waals surface area (Å²) in [4.78, 5) is 0. The molecular weight excluding hydrogens is 229 g/mol. The molecule has 2 aromatic carbocycles. The molecule has 0 radical (unpaired) electrons. The van der Waals surface area contributed by atoms with Gasteiger partial charge in [0.25, 0.3) is 0 Å². The van der Waals surface area contributed by atoms with E-state index in [-0.39, 0.29) is 18.5 Å². The minimum atomic E-state index is -0.246. The average molecular weight is 245 g/mol. The largest absolute Gasteiger partial charge is 0.489 e. The molecule has 0 fully saturated rings. The van der Waals surface area contributed by atoms with E-state index in [0.717, 1.165) is 5.56 Å². The average Bonchev–Trinajstić information content (AvgIpc) is 2.38. The van der Waals surface area contributed by atoms with E-state index in [4.69, 9.17) is 10.5 Å². The fraction of sp³-hybridized carbons (Fsp3) is 0.200. The number of halogens is 1. The standard InChI is InChI=1S/C15H16FNO/c1-11(17)12-6-8-14(9-7-12)18-10-13-4-2-3-5-15(13)16/h2-9,11H,10,17H2,1H3/t11-/m1/s1. The first-order valence-electron chi connectivity index (χ1n) is 5.88. The van der Waals surface area contributed by atoms with Crippen molar-refractivity contribution in [1.82, 2.24) is 0 Å². The van der Waals surface area contributed by atoms with Gasteiger partial charge in [-0.1, -0.05) is 30.3 Å². The monoisotopic (exact) mass is 245 g/mol. The zero-order valence-corrected chi connectivity index (χ0v) is 10.3. The van der Waals surface area contributed by atoms with Crippen LogP contribution in [-0.4, -0.2) is 0 Å². The smallest absolute Gasteiger partial charge is 0.129 e. The van der Waals surface area contributed by atoms with E-state index in [1.165, 1.54) is 6.07 Å². The van der Waals surface area contributed by atoms with Crippen LogP contribution in [0.15, 0.2) is 48.5 Å². The van der Waals surface area contributed by atoms with Crippen molar-refractivity contribution in [2.24, 2.45) is 5.73 Å². The van der Waals surface area contributed by atoms with Gasteiger partial charge in [0.15, 0.2) is 0 Å². The van der Waals surface area contributed by atoms with Crippen molar-refractivity contribution in [3.05, 3.63) is 65.5 Å². The summed E-state index contributed by atoms with van der Waals surface area (Å²) in [6, 6.07) is 14.1. The third-order valence-corrected chi connectivity index (χ3v) is 2.76. The fourth-order valence-electron chi connectivity index (χ4n) is 1.64. The maximum Gasteiger partial charge on any atom is 0.129 e. The predicted molar refractivity (Wildman–Crippen MR) is 69.8 cm³/mol. The summed E-state index contributed by atoms with van der Waals surface area (Å²) in [5.74, 6) is 0.465. The van der Waals surface area contributed by atoms with Crippen molar-refractivity contribution in [2.75, 3.05) is 0 Å². The van der Waals surface area contributed by atoms with Crippen molar-refractivity contribution in [2.45, 2.75) is 19.6 Å². The van der Waals surface area contributed by atoms with Gasteiger partial charge in [-0.25, -0.2) is 4.39 Å². The fourth-order valence-corrected chi connectivity index (χ4v) is 1.64. The molecule has 1 atom stereocenters. The molecule has 0 saturated heterocycles. The first-order valence-corrected chi connectivity index (χ1v) is 5.88. The van der Waals surface area contributed by atoms with Crippen LogP contribution in [0.1, 0.15) is 24.1 Å². The van der Waals surface area contributed by atoms with Crippen LogP contribution in [0.4, 0.5) is 4.39 Å². The summed E-state index contributed by atoms with van der Waals surface area (Å²) >= 11 is 0. The molecule has 2 nitrogen and oxygen atoms in total. The lowest BCUT2D eigenvalue weighted by atomic mass is 10.1. The van der Waals surface area contributed by atoms with Crippen molar-refractivity contribution >= 4 is 0 Å². The molecule has 0 aliphatic carbocycles. The van der Waals surface area contributed by atoms with Gasteiger partial charge in [-0.05, 0) is 30.7 Å². The Kier molecular flexibility index (Phi) is 3.95. The van der Waals surface area contributed by atoms with Gasteiger partial charge in [0.2, 0.25) is 0 Å². The third kappa shape index (κ3) is 3.08. The van der Waals surface area contributed by atoms with E-state index >= 15 is 0 Å². The van der Waals surface area contributed by atoms with Crippen molar-refractivity contribution in [3.63, 3.8) is 0 Å². The van der Waals surface area contributed by atoms with E-state index < -0.39 is 0 Å². The van der Waals surface area contributed by atoms with Gasteiger partial charge >= 0.3 is 0 Å². The van der Waals surface area contributed by atoms with Gasteiger partial charge in [-0.3, -0.25) is 0 Å². The van der Waals surface area contributed by atoms with E-state index in [2.05, 4.69) is 0 Å². The Bertz CT molecular complexity index is 508. The Balaban J connectivity index is 2.00. The lowest BCUT2D eigenvalue weighted by Crippen LogP contribution is -2.04. The van der Waals surface area contributed by atoms with Gasteiger partial charge in [0.05, 0.1) is 0 Å². The van der Waals surface area contributed by atoms with Crippen molar-refractivity contribution < 1.29 is 9.13 Å². The summed E-state index contributed by atoms with van der Waals surface area (Å²) in [5.41, 5.74) is 7.36. The normalized spacial score (nSPS) is 12.2. The highest BCUT2D eigenvalue weighted by atomic mass is 19.1. The van der Waals surface area contributed by atoms with Crippen molar-refractivity contribution in [1.29, 1.82) is 0 Å². The first kappa shape index (κ1) is 12.6. The molecule has 0 bridgehead atoms. The number of benzene rings is 2. The van der Waals surface area contributed by atoms with Crippen molar-refractivity contribution in [3.8, 4) is 5.75 Å². The molecule has 0 saturated carbocycles. The SMILES string of the molecule is C[C@@H](N)c1ccc(OCc2ccccc2F)cc1. The van der Waals surface area contributed by atoms with Crippen LogP contribution in [0.25, 0.3) is 0 Å². The Morgan fingerprint density at radius 1 is 1.11 bits per heavy atom. The molecule has 2 rings (SSSR count). The van der Waals surface area contributed by atoms with Gasteiger partial charge in [0, 0.05) is 11.6 Å². The zero-order chi connectivity index (χ0) is 13.0. The Morgan fingerprint density at radius 3 is 2.39 bits per heavy atom. The van der Waals surface area contributed by atoms with E-state index in [0.29, 0.717) is 11.3 Å². The van der Waals surface area contributed by atoms with E-state index in [9.17, 15) is 4.39 Å². The van der Waals surface area contributed by atoms with Crippen LogP contribution in [0.2, 0.25) is 0 Å². The Morgan fingerprint density at radius 2 is 1.78 bits per heavy atom. The quantitative estimate of drug-likeness (QED) is 0.895. The summed E-state index contributed by atoms with van der Waals surface area (Å²) in [5, 5.41) is 0. The van der Waals surface area contributed by atoms with Gasteiger partial charge < -0.3 is 10.5 Å². The van der Waals surface area contributed by atoms with Gasteiger partial charge in [0.1, 0.15) is 18.2 Å². The van der Waals surface area contributed by atoms with Crippen LogP contribution in [0, 0.1) is 5.82 Å². The lowest BCUT2D eigenvalue weighted by molar-refractivity contribution is 0.299. The summed E-state index contributed by atoms with van der Waals surface area (Å²) in [6.45, 7) is 2.15. The number of hydrogen-bond donors (Lipinski definition) is 1. The van der Waals surface area contributed by atoms with E-state index in [1.807, 2.05) is 31.2 Å². The molecule has 2 N–H and O–H groups in total. The van der Waals surface area contributed by atoms with Crippen LogP contribution in [-0.2, 0) is 6.61 Å². The molecule has 3 heteroatoms. The second-order valence-electron chi connectivity index (χ2n) is 4.24.